The van der Waals surface area contributed by atoms with Crippen LogP contribution in [0.5, 0.6) is 0 Å². The second kappa shape index (κ2) is 10.9. The van der Waals surface area contributed by atoms with Gasteiger partial charge in [-0.25, -0.2) is 9.59 Å². The Labute approximate surface area is 224 Å². The molecule has 1 unspecified atom stereocenters. The molecule has 1 aliphatic carbocycles. The molecular weight excluding hydrogens is 484 g/mol. The third kappa shape index (κ3) is 5.80. The second-order valence-electron chi connectivity index (χ2n) is 11.7. The first-order valence-corrected chi connectivity index (χ1v) is 13.6. The van der Waals surface area contributed by atoms with Crippen LogP contribution in [0.3, 0.4) is 0 Å². The van der Waals surface area contributed by atoms with Gasteiger partial charge in [-0.2, -0.15) is 0 Å². The van der Waals surface area contributed by atoms with Gasteiger partial charge in [0.05, 0.1) is 24.3 Å². The minimum absolute atomic E-state index is 0.0372. The number of benzene rings is 1. The predicted octanol–water partition coefficient (Wildman–Crippen LogP) is 5.01. The number of piperidine rings is 1. The zero-order valence-corrected chi connectivity index (χ0v) is 23.0. The van der Waals surface area contributed by atoms with Crippen LogP contribution in [0.4, 0.5) is 4.79 Å². The molecule has 1 spiro atoms. The van der Waals surface area contributed by atoms with Crippen molar-refractivity contribution >= 4 is 12.1 Å². The second-order valence-corrected chi connectivity index (χ2v) is 11.7. The lowest BCUT2D eigenvalue weighted by Crippen LogP contribution is -2.63. The highest BCUT2D eigenvalue weighted by atomic mass is 16.6. The zero-order valence-electron chi connectivity index (χ0n) is 23.0. The van der Waals surface area contributed by atoms with E-state index in [1.54, 1.807) is 11.8 Å². The van der Waals surface area contributed by atoms with Gasteiger partial charge in [0.1, 0.15) is 5.60 Å². The number of hydrogen-bond donors (Lipinski definition) is 1. The number of pyridine rings is 1. The molecule has 1 saturated heterocycles. The quantitative estimate of drug-likeness (QED) is 0.552. The number of rotatable bonds is 5. The standard InChI is InChI=1S/C30H40N2O6/c1-5-37-26(34)24-19-32(25(33)18-23(24)22-12-8-6-9-13-22)21-30(36)16-17-31(27(35)38-28(2,3)4)20-29(30)14-10-7-11-15-29/h6,8-9,12-13,18-19,36H,5,7,10-11,14-17,20-21H2,1-4H3. The number of carbonyl (C=O) groups is 2. The Morgan fingerprint density at radius 2 is 1.74 bits per heavy atom. The Morgan fingerprint density at radius 3 is 2.37 bits per heavy atom. The molecule has 1 amide bonds. The molecule has 8 nitrogen and oxygen atoms in total. The lowest BCUT2D eigenvalue weighted by atomic mass is 9.60. The summed E-state index contributed by atoms with van der Waals surface area (Å²) >= 11 is 0. The monoisotopic (exact) mass is 524 g/mol. The highest BCUT2D eigenvalue weighted by Crippen LogP contribution is 2.50. The van der Waals surface area contributed by atoms with Crippen LogP contribution in [0.25, 0.3) is 11.1 Å². The van der Waals surface area contributed by atoms with Crippen LogP contribution >= 0.6 is 0 Å². The highest BCUT2D eigenvalue weighted by molar-refractivity contribution is 5.96. The van der Waals surface area contributed by atoms with Crippen molar-refractivity contribution in [3.05, 3.63) is 58.5 Å². The van der Waals surface area contributed by atoms with Crippen LogP contribution in [-0.4, -0.2) is 57.5 Å². The van der Waals surface area contributed by atoms with Crippen LogP contribution in [0.1, 0.15) is 76.6 Å². The smallest absolute Gasteiger partial charge is 0.410 e. The average Bonchev–Trinajstić information content (AvgIpc) is 2.87. The summed E-state index contributed by atoms with van der Waals surface area (Å²) in [6, 6.07) is 10.7. The summed E-state index contributed by atoms with van der Waals surface area (Å²) in [5.74, 6) is -0.515. The molecule has 1 saturated carbocycles. The van der Waals surface area contributed by atoms with Crippen LogP contribution in [-0.2, 0) is 16.0 Å². The fraction of sp³-hybridized carbons (Fsp3) is 0.567. The van der Waals surface area contributed by atoms with Crippen molar-refractivity contribution in [2.75, 3.05) is 19.7 Å². The molecule has 1 atom stereocenters. The van der Waals surface area contributed by atoms with Gasteiger partial charge in [-0.05, 0) is 52.5 Å². The van der Waals surface area contributed by atoms with E-state index in [1.807, 2.05) is 51.1 Å². The molecule has 2 heterocycles. The van der Waals surface area contributed by atoms with Crippen molar-refractivity contribution in [3.8, 4) is 11.1 Å². The third-order valence-electron chi connectivity index (χ3n) is 7.88. The lowest BCUT2D eigenvalue weighted by molar-refractivity contribution is -0.157. The molecular formula is C30H40N2O6. The molecule has 1 N–H and O–H groups in total. The first kappa shape index (κ1) is 27.9. The van der Waals surface area contributed by atoms with Gasteiger partial charge in [0.2, 0.25) is 0 Å². The normalized spacial score (nSPS) is 21.2. The van der Waals surface area contributed by atoms with E-state index in [2.05, 4.69) is 0 Å². The summed E-state index contributed by atoms with van der Waals surface area (Å²) in [5.41, 5.74) is -1.17. The van der Waals surface area contributed by atoms with Crippen LogP contribution in [0.2, 0.25) is 0 Å². The maximum atomic E-state index is 13.4. The molecule has 8 heteroatoms. The predicted molar refractivity (Wildman–Crippen MR) is 145 cm³/mol. The van der Waals surface area contributed by atoms with Crippen molar-refractivity contribution < 1.29 is 24.2 Å². The van der Waals surface area contributed by atoms with Gasteiger partial charge in [0.15, 0.2) is 0 Å². The lowest BCUT2D eigenvalue weighted by Gasteiger charge is -2.55. The fourth-order valence-corrected chi connectivity index (χ4v) is 5.96. The van der Waals surface area contributed by atoms with Crippen molar-refractivity contribution in [2.45, 2.75) is 84.0 Å². The van der Waals surface area contributed by atoms with Crippen molar-refractivity contribution in [3.63, 3.8) is 0 Å². The molecule has 2 aliphatic rings. The minimum atomic E-state index is -1.23. The Hall–Kier alpha value is -3.13. The van der Waals surface area contributed by atoms with E-state index < -0.39 is 22.6 Å². The SMILES string of the molecule is CCOC(=O)c1cn(CC2(O)CCN(C(=O)OC(C)(C)C)CC23CCCCC3)c(=O)cc1-c1ccccc1. The molecule has 0 bridgehead atoms. The molecule has 1 aromatic carbocycles. The van der Waals surface area contributed by atoms with Gasteiger partial charge >= 0.3 is 12.1 Å². The average molecular weight is 525 g/mol. The van der Waals surface area contributed by atoms with E-state index in [0.29, 0.717) is 25.1 Å². The number of ether oxygens (including phenoxy) is 2. The fourth-order valence-electron chi connectivity index (χ4n) is 5.96. The van der Waals surface area contributed by atoms with Crippen LogP contribution in [0.15, 0.2) is 47.4 Å². The summed E-state index contributed by atoms with van der Waals surface area (Å²) in [6.45, 7) is 8.21. The molecule has 206 valence electrons. The number of aliphatic hydroxyl groups is 1. The molecule has 0 radical (unpaired) electrons. The Bertz CT molecular complexity index is 1210. The largest absolute Gasteiger partial charge is 0.462 e. The summed E-state index contributed by atoms with van der Waals surface area (Å²) in [7, 11) is 0. The van der Waals surface area contributed by atoms with Crippen LogP contribution < -0.4 is 5.56 Å². The highest BCUT2D eigenvalue weighted by Gasteiger charge is 2.55. The summed E-state index contributed by atoms with van der Waals surface area (Å²) < 4.78 is 12.4. The summed E-state index contributed by atoms with van der Waals surface area (Å²) in [5, 5.41) is 12.2. The molecule has 1 aromatic heterocycles. The molecule has 38 heavy (non-hydrogen) atoms. The Balaban J connectivity index is 1.70. The first-order chi connectivity index (χ1) is 18.0. The summed E-state index contributed by atoms with van der Waals surface area (Å²) in [4.78, 5) is 41.0. The number of carbonyl (C=O) groups excluding carboxylic acids is 2. The number of amides is 1. The minimum Gasteiger partial charge on any atom is -0.462 e. The van der Waals surface area contributed by atoms with Gasteiger partial charge in [-0.1, -0.05) is 49.6 Å². The van der Waals surface area contributed by atoms with Gasteiger partial charge < -0.3 is 24.0 Å². The first-order valence-electron chi connectivity index (χ1n) is 13.6. The van der Waals surface area contributed by atoms with Gasteiger partial charge in [-0.3, -0.25) is 4.79 Å². The van der Waals surface area contributed by atoms with E-state index in [1.165, 1.54) is 16.8 Å². The van der Waals surface area contributed by atoms with Gasteiger partial charge in [-0.15, -0.1) is 0 Å². The molecule has 4 rings (SSSR count). The van der Waals surface area contributed by atoms with E-state index in [0.717, 1.165) is 37.7 Å². The zero-order chi connectivity index (χ0) is 27.6. The Kier molecular flexibility index (Phi) is 8.02. The van der Waals surface area contributed by atoms with Crippen molar-refractivity contribution in [1.29, 1.82) is 0 Å². The summed E-state index contributed by atoms with van der Waals surface area (Å²) in [6.07, 6.45) is 5.93. The van der Waals surface area contributed by atoms with E-state index in [-0.39, 0.29) is 30.4 Å². The number of esters is 1. The number of aromatic nitrogens is 1. The van der Waals surface area contributed by atoms with E-state index in [9.17, 15) is 19.5 Å². The molecule has 2 aromatic rings. The van der Waals surface area contributed by atoms with E-state index >= 15 is 0 Å². The van der Waals surface area contributed by atoms with Gasteiger partial charge in [0.25, 0.3) is 5.56 Å². The topological polar surface area (TPSA) is 98.1 Å². The van der Waals surface area contributed by atoms with Crippen molar-refractivity contribution in [2.24, 2.45) is 5.41 Å². The van der Waals surface area contributed by atoms with Crippen molar-refractivity contribution in [1.82, 2.24) is 9.47 Å². The number of hydrogen-bond acceptors (Lipinski definition) is 6. The number of nitrogens with zero attached hydrogens (tertiary/aromatic N) is 2. The maximum absolute atomic E-state index is 13.4. The maximum Gasteiger partial charge on any atom is 0.410 e. The molecule has 1 aliphatic heterocycles. The van der Waals surface area contributed by atoms with Gasteiger partial charge in [0, 0.05) is 36.3 Å². The van der Waals surface area contributed by atoms with Crippen LogP contribution in [0, 0.1) is 5.41 Å². The van der Waals surface area contributed by atoms with E-state index in [4.69, 9.17) is 9.47 Å². The third-order valence-corrected chi connectivity index (χ3v) is 7.88. The molecule has 2 fully saturated rings. The number of likely N-dealkylation sites (tertiary alicyclic amines) is 1. The Morgan fingerprint density at radius 1 is 1.05 bits per heavy atom.